The molecule has 0 aliphatic heterocycles. The van der Waals surface area contributed by atoms with Crippen molar-refractivity contribution in [3.8, 4) is 11.4 Å². The first-order valence-corrected chi connectivity index (χ1v) is 8.52. The maximum atomic E-state index is 12.4. The molecule has 0 saturated carbocycles. The molecule has 6 nitrogen and oxygen atoms in total. The molecule has 0 aliphatic carbocycles. The minimum absolute atomic E-state index is 0.0678. The highest BCUT2D eigenvalue weighted by molar-refractivity contribution is 6.32. The minimum atomic E-state index is -0.127. The summed E-state index contributed by atoms with van der Waals surface area (Å²) in [4.78, 5) is 18.0. The van der Waals surface area contributed by atoms with Crippen molar-refractivity contribution in [1.82, 2.24) is 19.7 Å². The van der Waals surface area contributed by atoms with Gasteiger partial charge in [0.25, 0.3) is 5.91 Å². The summed E-state index contributed by atoms with van der Waals surface area (Å²) in [5.41, 5.74) is 1.93. The lowest BCUT2D eigenvalue weighted by Crippen LogP contribution is -2.33. The first kappa shape index (κ1) is 17.9. The Balaban J connectivity index is 1.62. The van der Waals surface area contributed by atoms with Crippen LogP contribution in [0.4, 0.5) is 0 Å². The van der Waals surface area contributed by atoms with Crippen molar-refractivity contribution in [3.63, 3.8) is 0 Å². The van der Waals surface area contributed by atoms with Gasteiger partial charge in [-0.25, -0.2) is 9.67 Å². The first-order valence-electron chi connectivity index (χ1n) is 8.14. The summed E-state index contributed by atoms with van der Waals surface area (Å²) in [7, 11) is 1.76. The maximum absolute atomic E-state index is 12.4. The molecule has 134 valence electrons. The van der Waals surface area contributed by atoms with E-state index in [9.17, 15) is 4.79 Å². The summed E-state index contributed by atoms with van der Waals surface area (Å²) < 4.78 is 7.21. The van der Waals surface area contributed by atoms with Crippen LogP contribution in [0.3, 0.4) is 0 Å². The molecule has 1 aromatic heterocycles. The van der Waals surface area contributed by atoms with Crippen LogP contribution in [-0.4, -0.2) is 39.2 Å². The van der Waals surface area contributed by atoms with E-state index in [1.54, 1.807) is 35.1 Å². The van der Waals surface area contributed by atoms with E-state index in [1.165, 1.54) is 6.33 Å². The Hall–Kier alpha value is -2.86. The average molecular weight is 371 g/mol. The number of carbonyl (C=O) groups is 1. The second-order valence-electron chi connectivity index (χ2n) is 5.83. The lowest BCUT2D eigenvalue weighted by molar-refractivity contribution is -0.134. The van der Waals surface area contributed by atoms with Crippen LogP contribution >= 0.6 is 11.6 Å². The van der Waals surface area contributed by atoms with Crippen molar-refractivity contribution in [2.24, 2.45) is 0 Å². The van der Waals surface area contributed by atoms with E-state index < -0.39 is 0 Å². The number of aromatic nitrogens is 3. The summed E-state index contributed by atoms with van der Waals surface area (Å²) in [6.07, 6.45) is 3.13. The lowest BCUT2D eigenvalue weighted by atomic mass is 10.1. The topological polar surface area (TPSA) is 60.2 Å². The van der Waals surface area contributed by atoms with Crippen LogP contribution in [0.5, 0.6) is 5.75 Å². The third-order valence-corrected chi connectivity index (χ3v) is 4.53. The van der Waals surface area contributed by atoms with Gasteiger partial charge in [0.2, 0.25) is 0 Å². The van der Waals surface area contributed by atoms with Gasteiger partial charge in [0, 0.05) is 7.05 Å². The van der Waals surface area contributed by atoms with Gasteiger partial charge in [0.1, 0.15) is 18.4 Å². The molecule has 0 aliphatic rings. The summed E-state index contributed by atoms with van der Waals surface area (Å²) in [5.74, 6) is 0.374. The molecular weight excluding hydrogens is 352 g/mol. The number of hydrogen-bond acceptors (Lipinski definition) is 4. The van der Waals surface area contributed by atoms with Gasteiger partial charge in [-0.3, -0.25) is 4.79 Å². The Morgan fingerprint density at radius 3 is 2.62 bits per heavy atom. The van der Waals surface area contributed by atoms with E-state index in [0.717, 1.165) is 11.3 Å². The lowest BCUT2D eigenvalue weighted by Gasteiger charge is -2.25. The molecule has 2 aromatic carbocycles. The highest BCUT2D eigenvalue weighted by Crippen LogP contribution is 2.24. The monoisotopic (exact) mass is 370 g/mol. The van der Waals surface area contributed by atoms with Crippen molar-refractivity contribution >= 4 is 17.5 Å². The summed E-state index contributed by atoms with van der Waals surface area (Å²) in [5, 5.41) is 4.58. The smallest absolute Gasteiger partial charge is 0.260 e. The Labute approximate surface area is 157 Å². The molecule has 3 rings (SSSR count). The zero-order valence-corrected chi connectivity index (χ0v) is 15.3. The van der Waals surface area contributed by atoms with Crippen molar-refractivity contribution in [2.75, 3.05) is 13.7 Å². The van der Waals surface area contributed by atoms with Gasteiger partial charge in [0.05, 0.1) is 16.8 Å². The molecule has 0 radical (unpaired) electrons. The normalized spacial score (nSPS) is 11.8. The van der Waals surface area contributed by atoms with Gasteiger partial charge in [0.15, 0.2) is 6.61 Å². The number of hydrogen-bond donors (Lipinski definition) is 0. The SMILES string of the molecule is CC(c1ccc(-n2cncn2)cc1)N(C)C(=O)COc1ccccc1Cl. The number of carbonyl (C=O) groups excluding carboxylic acids is 1. The van der Waals surface area contributed by atoms with Crippen LogP contribution in [0.2, 0.25) is 5.02 Å². The number of para-hydroxylation sites is 1. The van der Waals surface area contributed by atoms with Crippen molar-refractivity contribution in [3.05, 3.63) is 71.8 Å². The second-order valence-corrected chi connectivity index (χ2v) is 6.24. The maximum Gasteiger partial charge on any atom is 0.260 e. The van der Waals surface area contributed by atoms with E-state index >= 15 is 0 Å². The van der Waals surface area contributed by atoms with Gasteiger partial charge in [-0.1, -0.05) is 35.9 Å². The molecule has 0 saturated heterocycles. The van der Waals surface area contributed by atoms with Crippen molar-refractivity contribution in [1.29, 1.82) is 0 Å². The molecule has 1 unspecified atom stereocenters. The van der Waals surface area contributed by atoms with Gasteiger partial charge < -0.3 is 9.64 Å². The summed E-state index contributed by atoms with van der Waals surface area (Å²) in [6.45, 7) is 1.90. The van der Waals surface area contributed by atoms with Crippen LogP contribution in [0, 0.1) is 0 Å². The quantitative estimate of drug-likeness (QED) is 0.666. The van der Waals surface area contributed by atoms with Crippen molar-refractivity contribution in [2.45, 2.75) is 13.0 Å². The van der Waals surface area contributed by atoms with E-state index in [-0.39, 0.29) is 18.6 Å². The number of amides is 1. The molecule has 0 bridgehead atoms. The molecule has 1 heterocycles. The fourth-order valence-corrected chi connectivity index (χ4v) is 2.68. The molecule has 1 atom stereocenters. The Bertz CT molecular complexity index is 866. The number of halogens is 1. The second kappa shape index (κ2) is 8.01. The van der Waals surface area contributed by atoms with Crippen LogP contribution in [0.15, 0.2) is 61.2 Å². The summed E-state index contributed by atoms with van der Waals surface area (Å²) in [6, 6.07) is 14.8. The first-order chi connectivity index (χ1) is 12.6. The van der Waals surface area contributed by atoms with E-state index in [4.69, 9.17) is 16.3 Å². The molecule has 1 amide bonds. The van der Waals surface area contributed by atoms with E-state index in [1.807, 2.05) is 43.3 Å². The largest absolute Gasteiger partial charge is 0.482 e. The van der Waals surface area contributed by atoms with Crippen LogP contribution in [0.25, 0.3) is 5.69 Å². The molecule has 26 heavy (non-hydrogen) atoms. The van der Waals surface area contributed by atoms with Crippen LogP contribution < -0.4 is 4.74 Å². The minimum Gasteiger partial charge on any atom is -0.482 e. The van der Waals surface area contributed by atoms with Gasteiger partial charge in [-0.05, 0) is 36.8 Å². The van der Waals surface area contributed by atoms with E-state index in [2.05, 4.69) is 10.1 Å². The molecule has 0 spiro atoms. The van der Waals surface area contributed by atoms with Gasteiger partial charge >= 0.3 is 0 Å². The Morgan fingerprint density at radius 2 is 1.96 bits per heavy atom. The van der Waals surface area contributed by atoms with Crippen LogP contribution in [0.1, 0.15) is 18.5 Å². The predicted molar refractivity (Wildman–Crippen MR) is 99.5 cm³/mol. The third-order valence-electron chi connectivity index (χ3n) is 4.22. The zero-order valence-electron chi connectivity index (χ0n) is 14.5. The summed E-state index contributed by atoms with van der Waals surface area (Å²) >= 11 is 6.04. The molecule has 7 heteroatoms. The third kappa shape index (κ3) is 4.03. The van der Waals surface area contributed by atoms with Gasteiger partial charge in [-0.2, -0.15) is 5.10 Å². The van der Waals surface area contributed by atoms with Crippen molar-refractivity contribution < 1.29 is 9.53 Å². The standard InChI is InChI=1S/C19H19ClN4O2/c1-14(15-7-9-16(10-8-15)24-13-21-12-22-24)23(2)19(25)11-26-18-6-4-3-5-17(18)20/h3-10,12-14H,11H2,1-2H3. The Morgan fingerprint density at radius 1 is 1.23 bits per heavy atom. The predicted octanol–water partition coefficient (Wildman–Crippen LogP) is 3.52. The molecule has 0 fully saturated rings. The number of benzene rings is 2. The molecule has 3 aromatic rings. The number of likely N-dealkylation sites (N-methyl/N-ethyl adjacent to an activating group) is 1. The van der Waals surface area contributed by atoms with E-state index in [0.29, 0.717) is 10.8 Å². The van der Waals surface area contributed by atoms with Gasteiger partial charge in [-0.15, -0.1) is 0 Å². The highest BCUT2D eigenvalue weighted by atomic mass is 35.5. The van der Waals surface area contributed by atoms with Crippen LogP contribution in [-0.2, 0) is 4.79 Å². The Kier molecular flexibility index (Phi) is 5.53. The average Bonchev–Trinajstić information content (AvgIpc) is 3.21. The zero-order chi connectivity index (χ0) is 18.5. The fraction of sp³-hybridized carbons (Fsp3) is 0.211. The number of nitrogens with zero attached hydrogens (tertiary/aromatic N) is 4. The number of rotatable bonds is 6. The molecular formula is C19H19ClN4O2. The number of ether oxygens (including phenoxy) is 1. The molecule has 0 N–H and O–H groups in total. The highest BCUT2D eigenvalue weighted by Gasteiger charge is 2.18. The fourth-order valence-electron chi connectivity index (χ4n) is 2.49.